The van der Waals surface area contributed by atoms with Crippen molar-refractivity contribution >= 4 is 0 Å². The summed E-state index contributed by atoms with van der Waals surface area (Å²) in [7, 11) is 0. The number of halogens is 5. The van der Waals surface area contributed by atoms with E-state index < -0.39 is 34.6 Å². The van der Waals surface area contributed by atoms with Crippen LogP contribution in [0.15, 0.2) is 36.9 Å². The summed E-state index contributed by atoms with van der Waals surface area (Å²) in [6.45, 7) is 3.85. The zero-order valence-electron chi connectivity index (χ0n) is 18.2. The Kier molecular flexibility index (Phi) is 7.02. The number of hydrogen-bond donors (Lipinski definition) is 0. The molecule has 0 aromatic heterocycles. The first kappa shape index (κ1) is 23.0. The summed E-state index contributed by atoms with van der Waals surface area (Å²) in [6.07, 6.45) is 12.0. The van der Waals surface area contributed by atoms with E-state index in [1.54, 1.807) is 0 Å². The van der Waals surface area contributed by atoms with Gasteiger partial charge in [0, 0.05) is 0 Å². The van der Waals surface area contributed by atoms with Gasteiger partial charge in [0.2, 0.25) is 0 Å². The minimum absolute atomic E-state index is 0.0723. The first-order valence-corrected chi connectivity index (χ1v) is 11.6. The molecule has 0 amide bonds. The van der Waals surface area contributed by atoms with Crippen LogP contribution >= 0.6 is 0 Å². The predicted octanol–water partition coefficient (Wildman–Crippen LogP) is 8.71. The Bertz CT molecular complexity index is 920. The first-order chi connectivity index (χ1) is 15.4. The third-order valence-electron chi connectivity index (χ3n) is 7.64. The number of allylic oxidation sites excluding steroid dienone is 1. The minimum Gasteiger partial charge on any atom is -0.206 e. The van der Waals surface area contributed by atoms with E-state index >= 15 is 0 Å². The van der Waals surface area contributed by atoms with Crippen LogP contribution in [0.5, 0.6) is 0 Å². The second-order valence-corrected chi connectivity index (χ2v) is 9.53. The molecule has 0 aliphatic heterocycles. The molecule has 172 valence electrons. The van der Waals surface area contributed by atoms with E-state index in [2.05, 4.69) is 6.58 Å². The van der Waals surface area contributed by atoms with Gasteiger partial charge in [0.1, 0.15) is 11.6 Å². The summed E-state index contributed by atoms with van der Waals surface area (Å²) in [5, 5.41) is 0. The fraction of sp³-hybridized carbons (Fsp3) is 0.481. The lowest BCUT2D eigenvalue weighted by Crippen LogP contribution is -2.25. The van der Waals surface area contributed by atoms with Crippen molar-refractivity contribution in [1.29, 1.82) is 0 Å². The Morgan fingerprint density at radius 1 is 0.688 bits per heavy atom. The predicted molar refractivity (Wildman–Crippen MR) is 117 cm³/mol. The third-order valence-corrected chi connectivity index (χ3v) is 7.64. The molecule has 0 saturated heterocycles. The Hall–Kier alpha value is -2.17. The first-order valence-electron chi connectivity index (χ1n) is 11.6. The third kappa shape index (κ3) is 4.77. The second kappa shape index (κ2) is 9.76. The maximum atomic E-state index is 14.8. The van der Waals surface area contributed by atoms with Gasteiger partial charge in [-0.3, -0.25) is 0 Å². The smallest absolute Gasteiger partial charge is 0.194 e. The average Bonchev–Trinajstić information content (AvgIpc) is 2.78. The standard InChI is InChI=1S/C27H29F5/c1-2-3-16-4-6-17(7-5-16)18-8-10-19(11-9-18)20-12-22(28)26(23(29)13-20)21-14-24(30)27(32)25(31)15-21/h2,12-19H,1,3-11H2. The van der Waals surface area contributed by atoms with Gasteiger partial charge in [-0.2, -0.15) is 0 Å². The van der Waals surface area contributed by atoms with Crippen molar-refractivity contribution in [2.24, 2.45) is 17.8 Å². The molecule has 0 spiro atoms. The summed E-state index contributed by atoms with van der Waals surface area (Å²) < 4.78 is 69.9. The molecule has 5 heteroatoms. The van der Waals surface area contributed by atoms with E-state index in [0.717, 1.165) is 43.9 Å². The van der Waals surface area contributed by atoms with Crippen molar-refractivity contribution in [3.05, 3.63) is 71.6 Å². The van der Waals surface area contributed by atoms with Gasteiger partial charge in [0.15, 0.2) is 17.5 Å². The van der Waals surface area contributed by atoms with E-state index in [0.29, 0.717) is 23.6 Å². The maximum Gasteiger partial charge on any atom is 0.194 e. The van der Waals surface area contributed by atoms with Gasteiger partial charge in [-0.15, -0.1) is 6.58 Å². The van der Waals surface area contributed by atoms with Gasteiger partial charge in [0.25, 0.3) is 0 Å². The molecule has 32 heavy (non-hydrogen) atoms. The van der Waals surface area contributed by atoms with E-state index in [9.17, 15) is 22.0 Å². The molecule has 0 bridgehead atoms. The molecule has 0 atom stereocenters. The van der Waals surface area contributed by atoms with Crippen molar-refractivity contribution in [2.75, 3.05) is 0 Å². The molecule has 2 aromatic carbocycles. The van der Waals surface area contributed by atoms with Crippen molar-refractivity contribution in [1.82, 2.24) is 0 Å². The van der Waals surface area contributed by atoms with Crippen LogP contribution in [-0.4, -0.2) is 0 Å². The van der Waals surface area contributed by atoms with Crippen molar-refractivity contribution in [3.63, 3.8) is 0 Å². The maximum absolute atomic E-state index is 14.8. The summed E-state index contributed by atoms with van der Waals surface area (Å²) in [5.74, 6) is -4.10. The molecule has 2 aromatic rings. The molecule has 2 aliphatic carbocycles. The van der Waals surface area contributed by atoms with Crippen molar-refractivity contribution in [2.45, 2.75) is 63.7 Å². The molecular formula is C27H29F5. The normalized spacial score (nSPS) is 26.2. The van der Waals surface area contributed by atoms with Crippen LogP contribution in [0.4, 0.5) is 22.0 Å². The van der Waals surface area contributed by atoms with Crippen LogP contribution in [-0.2, 0) is 0 Å². The zero-order valence-corrected chi connectivity index (χ0v) is 18.2. The molecule has 0 heterocycles. The van der Waals surface area contributed by atoms with Gasteiger partial charge in [-0.25, -0.2) is 22.0 Å². The lowest BCUT2D eigenvalue weighted by atomic mass is 9.68. The van der Waals surface area contributed by atoms with Crippen LogP contribution in [0.3, 0.4) is 0 Å². The highest BCUT2D eigenvalue weighted by atomic mass is 19.2. The monoisotopic (exact) mass is 448 g/mol. The van der Waals surface area contributed by atoms with E-state index in [1.165, 1.54) is 37.8 Å². The van der Waals surface area contributed by atoms with E-state index in [4.69, 9.17) is 0 Å². The fourth-order valence-corrected chi connectivity index (χ4v) is 5.86. The lowest BCUT2D eigenvalue weighted by Gasteiger charge is -2.38. The Balaban J connectivity index is 1.43. The summed E-state index contributed by atoms with van der Waals surface area (Å²) in [5.41, 5.74) is -0.296. The summed E-state index contributed by atoms with van der Waals surface area (Å²) in [6, 6.07) is 3.77. The van der Waals surface area contributed by atoms with Crippen LogP contribution in [0.25, 0.3) is 11.1 Å². The topological polar surface area (TPSA) is 0 Å². The summed E-state index contributed by atoms with van der Waals surface area (Å²) >= 11 is 0. The SMILES string of the molecule is C=CCC1CCC(C2CCC(c3cc(F)c(-c4cc(F)c(F)c(F)c4)c(F)c3)CC2)CC1. The Morgan fingerprint density at radius 2 is 1.19 bits per heavy atom. The highest BCUT2D eigenvalue weighted by molar-refractivity contribution is 5.65. The van der Waals surface area contributed by atoms with Gasteiger partial charge in [-0.1, -0.05) is 6.08 Å². The van der Waals surface area contributed by atoms with Gasteiger partial charge in [0.05, 0.1) is 5.56 Å². The Labute approximate surface area is 186 Å². The van der Waals surface area contributed by atoms with Crippen LogP contribution in [0.2, 0.25) is 0 Å². The number of benzene rings is 2. The summed E-state index contributed by atoms with van der Waals surface area (Å²) in [4.78, 5) is 0. The Morgan fingerprint density at radius 3 is 1.69 bits per heavy atom. The van der Waals surface area contributed by atoms with Gasteiger partial charge < -0.3 is 0 Å². The van der Waals surface area contributed by atoms with Crippen molar-refractivity contribution in [3.8, 4) is 11.1 Å². The molecule has 2 fully saturated rings. The quantitative estimate of drug-likeness (QED) is 0.244. The van der Waals surface area contributed by atoms with Crippen molar-refractivity contribution < 1.29 is 22.0 Å². The number of rotatable bonds is 5. The fourth-order valence-electron chi connectivity index (χ4n) is 5.86. The molecular weight excluding hydrogens is 419 g/mol. The molecule has 2 saturated carbocycles. The molecule has 0 nitrogen and oxygen atoms in total. The highest BCUT2D eigenvalue weighted by Crippen LogP contribution is 2.45. The van der Waals surface area contributed by atoms with Crippen LogP contribution in [0.1, 0.15) is 69.3 Å². The second-order valence-electron chi connectivity index (χ2n) is 9.53. The average molecular weight is 449 g/mol. The molecule has 0 unspecified atom stereocenters. The molecule has 0 radical (unpaired) electrons. The molecule has 4 rings (SSSR count). The van der Waals surface area contributed by atoms with E-state index in [-0.39, 0.29) is 11.5 Å². The largest absolute Gasteiger partial charge is 0.206 e. The van der Waals surface area contributed by atoms with Gasteiger partial charge in [-0.05, 0) is 117 Å². The molecule has 2 aliphatic rings. The minimum atomic E-state index is -1.66. The van der Waals surface area contributed by atoms with Crippen LogP contribution in [0, 0.1) is 46.8 Å². The highest BCUT2D eigenvalue weighted by Gasteiger charge is 2.31. The van der Waals surface area contributed by atoms with E-state index in [1.807, 2.05) is 6.08 Å². The zero-order chi connectivity index (χ0) is 22.8. The van der Waals surface area contributed by atoms with Gasteiger partial charge >= 0.3 is 0 Å². The molecule has 0 N–H and O–H groups in total. The lowest BCUT2D eigenvalue weighted by molar-refractivity contribution is 0.160. The van der Waals surface area contributed by atoms with Crippen LogP contribution < -0.4 is 0 Å². The number of hydrogen-bond acceptors (Lipinski definition) is 0.